The Balaban J connectivity index is 2.06. The van der Waals surface area contributed by atoms with E-state index in [-0.39, 0.29) is 11.4 Å². The molecule has 0 aliphatic rings. The number of benzene rings is 2. The maximum atomic E-state index is 12.4. The second kappa shape index (κ2) is 7.44. The first-order valence-electron chi connectivity index (χ1n) is 6.56. The van der Waals surface area contributed by atoms with Crippen LogP contribution >= 0.6 is 27.5 Å². The van der Waals surface area contributed by atoms with E-state index in [0.717, 1.165) is 8.78 Å². The van der Waals surface area contributed by atoms with E-state index in [2.05, 4.69) is 21.2 Å². The zero-order valence-electron chi connectivity index (χ0n) is 12.2. The lowest BCUT2D eigenvalue weighted by Gasteiger charge is -2.17. The number of nitrogens with one attached hydrogen (secondary N) is 1. The zero-order chi connectivity index (χ0) is 17.0. The molecule has 8 heteroatoms. The number of hydrogen-bond acceptors (Lipinski definition) is 3. The van der Waals surface area contributed by atoms with Gasteiger partial charge in [-0.1, -0.05) is 33.6 Å². The molecule has 2 rings (SSSR count). The lowest BCUT2D eigenvalue weighted by molar-refractivity contribution is -0.116. The molecule has 0 aliphatic heterocycles. The quantitative estimate of drug-likeness (QED) is 0.811. The van der Waals surface area contributed by atoms with E-state index < -0.39 is 15.9 Å². The highest BCUT2D eigenvalue weighted by Gasteiger charge is 2.22. The molecule has 0 aliphatic carbocycles. The molecule has 0 atom stereocenters. The number of nitrogens with zero attached hydrogens (tertiary/aromatic N) is 1. The Bertz CT molecular complexity index is 810. The van der Waals surface area contributed by atoms with Crippen LogP contribution in [-0.2, 0) is 14.8 Å². The average Bonchev–Trinajstić information content (AvgIpc) is 2.47. The van der Waals surface area contributed by atoms with E-state index in [0.29, 0.717) is 10.7 Å². The minimum absolute atomic E-state index is 0.124. The molecule has 0 fully saturated rings. The molecule has 1 N–H and O–H groups in total. The third-order valence-corrected chi connectivity index (χ3v) is 5.58. The molecule has 122 valence electrons. The maximum Gasteiger partial charge on any atom is 0.243 e. The summed E-state index contributed by atoms with van der Waals surface area (Å²) in [5, 5.41) is 3.09. The minimum Gasteiger partial charge on any atom is -0.325 e. The Morgan fingerprint density at radius 2 is 1.87 bits per heavy atom. The van der Waals surface area contributed by atoms with Crippen LogP contribution in [0.4, 0.5) is 5.69 Å². The van der Waals surface area contributed by atoms with Gasteiger partial charge < -0.3 is 5.32 Å². The number of rotatable bonds is 5. The van der Waals surface area contributed by atoms with Crippen LogP contribution in [0.3, 0.4) is 0 Å². The molecule has 2 aromatic carbocycles. The molecular weight excluding hydrogens is 404 g/mol. The van der Waals surface area contributed by atoms with E-state index in [4.69, 9.17) is 11.6 Å². The number of sulfonamides is 1. The summed E-state index contributed by atoms with van der Waals surface area (Å²) in [6.07, 6.45) is 0. The second-order valence-corrected chi connectivity index (χ2v) is 8.17. The van der Waals surface area contributed by atoms with Crippen LogP contribution < -0.4 is 5.32 Å². The van der Waals surface area contributed by atoms with Gasteiger partial charge in [0.25, 0.3) is 0 Å². The van der Waals surface area contributed by atoms with E-state index in [1.165, 1.54) is 19.2 Å². The summed E-state index contributed by atoms with van der Waals surface area (Å²) < 4.78 is 26.6. The van der Waals surface area contributed by atoms with Gasteiger partial charge in [-0.3, -0.25) is 4.79 Å². The normalized spacial score (nSPS) is 11.5. The lowest BCUT2D eigenvalue weighted by atomic mass is 10.3. The van der Waals surface area contributed by atoms with Crippen molar-refractivity contribution in [3.8, 4) is 0 Å². The minimum atomic E-state index is -3.73. The Morgan fingerprint density at radius 3 is 2.48 bits per heavy atom. The fourth-order valence-corrected chi connectivity index (χ4v) is 3.42. The van der Waals surface area contributed by atoms with E-state index in [9.17, 15) is 13.2 Å². The third kappa shape index (κ3) is 4.78. The standard InChI is InChI=1S/C15H14BrClN2O3S/c1-19(23(21,22)14-7-5-11(16)6-8-14)10-15(20)18-13-4-2-3-12(17)9-13/h2-9H,10H2,1H3,(H,18,20). The summed E-state index contributed by atoms with van der Waals surface area (Å²) >= 11 is 9.09. The highest BCUT2D eigenvalue weighted by Crippen LogP contribution is 2.18. The highest BCUT2D eigenvalue weighted by atomic mass is 79.9. The van der Waals surface area contributed by atoms with Gasteiger partial charge in [0.1, 0.15) is 0 Å². The van der Waals surface area contributed by atoms with Crippen LogP contribution in [0.25, 0.3) is 0 Å². The Hall–Kier alpha value is -1.41. The molecular formula is C15H14BrClN2O3S. The number of hydrogen-bond donors (Lipinski definition) is 1. The predicted octanol–water partition coefficient (Wildman–Crippen LogP) is 3.36. The van der Waals surface area contributed by atoms with Crippen molar-refractivity contribution in [1.82, 2.24) is 4.31 Å². The summed E-state index contributed by atoms with van der Waals surface area (Å²) in [6, 6.07) is 12.9. The van der Waals surface area contributed by atoms with Crippen LogP contribution in [0, 0.1) is 0 Å². The van der Waals surface area contributed by atoms with Crippen molar-refractivity contribution in [1.29, 1.82) is 0 Å². The van der Waals surface area contributed by atoms with Gasteiger partial charge in [-0.2, -0.15) is 4.31 Å². The average molecular weight is 418 g/mol. The summed E-state index contributed by atoms with van der Waals surface area (Å²) in [7, 11) is -2.37. The number of anilines is 1. The third-order valence-electron chi connectivity index (χ3n) is 3.00. The molecule has 0 radical (unpaired) electrons. The summed E-state index contributed by atoms with van der Waals surface area (Å²) in [4.78, 5) is 12.1. The second-order valence-electron chi connectivity index (χ2n) is 4.77. The van der Waals surface area contributed by atoms with Crippen molar-refractivity contribution in [2.24, 2.45) is 0 Å². The number of carbonyl (C=O) groups excluding carboxylic acids is 1. The van der Waals surface area contributed by atoms with E-state index >= 15 is 0 Å². The summed E-state index contributed by atoms with van der Waals surface area (Å²) in [6.45, 7) is -0.301. The van der Waals surface area contributed by atoms with Gasteiger partial charge in [-0.15, -0.1) is 0 Å². The lowest BCUT2D eigenvalue weighted by Crippen LogP contribution is -2.34. The Morgan fingerprint density at radius 1 is 1.22 bits per heavy atom. The van der Waals surface area contributed by atoms with Crippen LogP contribution in [0.15, 0.2) is 57.9 Å². The van der Waals surface area contributed by atoms with Gasteiger partial charge in [0.15, 0.2) is 0 Å². The molecule has 0 aromatic heterocycles. The monoisotopic (exact) mass is 416 g/mol. The van der Waals surface area contributed by atoms with Crippen molar-refractivity contribution in [2.45, 2.75) is 4.90 Å². The SMILES string of the molecule is CN(CC(=O)Nc1cccc(Cl)c1)S(=O)(=O)c1ccc(Br)cc1. The molecule has 0 saturated carbocycles. The number of likely N-dealkylation sites (N-methyl/N-ethyl adjacent to an activating group) is 1. The first-order chi connectivity index (χ1) is 10.8. The van der Waals surface area contributed by atoms with Gasteiger partial charge in [0.2, 0.25) is 15.9 Å². The zero-order valence-corrected chi connectivity index (χ0v) is 15.3. The first kappa shape index (κ1) is 17.9. The Kier molecular flexibility index (Phi) is 5.80. The van der Waals surface area contributed by atoms with Crippen LogP contribution in [-0.4, -0.2) is 32.2 Å². The van der Waals surface area contributed by atoms with Crippen molar-refractivity contribution in [2.75, 3.05) is 18.9 Å². The number of carbonyl (C=O) groups is 1. The molecule has 23 heavy (non-hydrogen) atoms. The first-order valence-corrected chi connectivity index (χ1v) is 9.17. The van der Waals surface area contributed by atoms with Gasteiger partial charge in [0.05, 0.1) is 11.4 Å². The number of halogens is 2. The van der Waals surface area contributed by atoms with E-state index in [1.807, 2.05) is 0 Å². The fourth-order valence-electron chi connectivity index (χ4n) is 1.84. The maximum absolute atomic E-state index is 12.4. The number of amides is 1. The molecule has 0 bridgehead atoms. The highest BCUT2D eigenvalue weighted by molar-refractivity contribution is 9.10. The van der Waals surface area contributed by atoms with Gasteiger partial charge in [-0.25, -0.2) is 8.42 Å². The van der Waals surface area contributed by atoms with Crippen molar-refractivity contribution < 1.29 is 13.2 Å². The largest absolute Gasteiger partial charge is 0.325 e. The van der Waals surface area contributed by atoms with Crippen LogP contribution in [0.1, 0.15) is 0 Å². The topological polar surface area (TPSA) is 66.5 Å². The van der Waals surface area contributed by atoms with Crippen LogP contribution in [0.5, 0.6) is 0 Å². The smallest absolute Gasteiger partial charge is 0.243 e. The molecule has 5 nitrogen and oxygen atoms in total. The van der Waals surface area contributed by atoms with Crippen molar-refractivity contribution in [3.63, 3.8) is 0 Å². The Labute approximate surface area is 148 Å². The fraction of sp³-hybridized carbons (Fsp3) is 0.133. The van der Waals surface area contributed by atoms with Crippen LogP contribution in [0.2, 0.25) is 5.02 Å². The predicted molar refractivity (Wildman–Crippen MR) is 94.0 cm³/mol. The van der Waals surface area contributed by atoms with Crippen molar-refractivity contribution >= 4 is 49.1 Å². The molecule has 0 heterocycles. The molecule has 0 spiro atoms. The van der Waals surface area contributed by atoms with Crippen molar-refractivity contribution in [3.05, 3.63) is 58.0 Å². The van der Waals surface area contributed by atoms with Gasteiger partial charge >= 0.3 is 0 Å². The van der Waals surface area contributed by atoms with E-state index in [1.54, 1.807) is 36.4 Å². The molecule has 2 aromatic rings. The van der Waals surface area contributed by atoms with Gasteiger partial charge in [-0.05, 0) is 42.5 Å². The summed E-state index contributed by atoms with van der Waals surface area (Å²) in [5.74, 6) is -0.449. The molecule has 0 unspecified atom stereocenters. The molecule has 0 saturated heterocycles. The molecule has 1 amide bonds. The van der Waals surface area contributed by atoms with Gasteiger partial charge in [0, 0.05) is 22.2 Å². The summed E-state index contributed by atoms with van der Waals surface area (Å²) in [5.41, 5.74) is 0.511.